The molecular formula is C23H29FN2O. The highest BCUT2D eigenvalue weighted by Gasteiger charge is 2.49. The molecule has 0 amide bonds. The maximum Gasteiger partial charge on any atom is 0.123 e. The van der Waals surface area contributed by atoms with E-state index in [4.69, 9.17) is 4.74 Å². The standard InChI is InChI=1S/C23H29FN2O/c1-23-11-13-26(2)21(14-17-6-9-19(27-3)15-20(17)23)22(23)25-12-10-16-4-7-18(24)8-5-16/h4-9,15,21-22,25H,10-14H2,1-3H3/t21-,22+,23-/m1/s1. The van der Waals surface area contributed by atoms with Crippen LogP contribution in [0, 0.1) is 5.82 Å². The van der Waals surface area contributed by atoms with Gasteiger partial charge in [0.25, 0.3) is 0 Å². The van der Waals surface area contributed by atoms with Crippen molar-refractivity contribution in [3.8, 4) is 5.75 Å². The molecule has 2 aromatic rings. The Balaban J connectivity index is 1.56. The van der Waals surface area contributed by atoms with Gasteiger partial charge in [0.15, 0.2) is 0 Å². The summed E-state index contributed by atoms with van der Waals surface area (Å²) in [5, 5.41) is 3.86. The number of hydrogen-bond acceptors (Lipinski definition) is 3. The van der Waals surface area contributed by atoms with Crippen LogP contribution in [0.3, 0.4) is 0 Å². The molecule has 2 aromatic carbocycles. The number of rotatable bonds is 5. The molecule has 144 valence electrons. The molecule has 0 unspecified atom stereocenters. The van der Waals surface area contributed by atoms with Crippen molar-refractivity contribution in [3.63, 3.8) is 0 Å². The number of nitrogens with one attached hydrogen (secondary N) is 1. The van der Waals surface area contributed by atoms with Gasteiger partial charge >= 0.3 is 0 Å². The summed E-state index contributed by atoms with van der Waals surface area (Å²) in [7, 11) is 3.98. The van der Waals surface area contributed by atoms with E-state index < -0.39 is 0 Å². The Morgan fingerprint density at radius 3 is 2.74 bits per heavy atom. The first-order chi connectivity index (χ1) is 13.0. The molecule has 1 saturated heterocycles. The van der Waals surface area contributed by atoms with Gasteiger partial charge in [-0.1, -0.05) is 25.1 Å². The predicted molar refractivity (Wildman–Crippen MR) is 107 cm³/mol. The monoisotopic (exact) mass is 368 g/mol. The van der Waals surface area contributed by atoms with Crippen LogP contribution in [0.25, 0.3) is 0 Å². The van der Waals surface area contributed by atoms with Gasteiger partial charge in [-0.3, -0.25) is 0 Å². The van der Waals surface area contributed by atoms with Gasteiger partial charge in [-0.25, -0.2) is 4.39 Å². The van der Waals surface area contributed by atoms with Crippen LogP contribution in [-0.2, 0) is 18.3 Å². The summed E-state index contributed by atoms with van der Waals surface area (Å²) >= 11 is 0. The average molecular weight is 368 g/mol. The second-order valence-corrected chi connectivity index (χ2v) is 8.25. The minimum atomic E-state index is -0.173. The van der Waals surface area contributed by atoms with Crippen LogP contribution in [0.5, 0.6) is 5.75 Å². The van der Waals surface area contributed by atoms with Crippen LogP contribution < -0.4 is 10.1 Å². The predicted octanol–water partition coefficient (Wildman–Crippen LogP) is 3.55. The van der Waals surface area contributed by atoms with Crippen molar-refractivity contribution in [2.24, 2.45) is 0 Å². The highest BCUT2D eigenvalue weighted by molar-refractivity contribution is 5.45. The van der Waals surface area contributed by atoms with Crippen LogP contribution in [0.15, 0.2) is 42.5 Å². The van der Waals surface area contributed by atoms with Crippen molar-refractivity contribution in [2.75, 3.05) is 27.2 Å². The number of benzene rings is 2. The Bertz CT molecular complexity index is 807. The summed E-state index contributed by atoms with van der Waals surface area (Å²) in [5.41, 5.74) is 4.16. The fourth-order valence-electron chi connectivity index (χ4n) is 4.99. The molecule has 0 radical (unpaired) electrons. The first-order valence-electron chi connectivity index (χ1n) is 9.87. The van der Waals surface area contributed by atoms with E-state index in [1.54, 1.807) is 19.2 Å². The number of methoxy groups -OCH3 is 1. The first-order valence-corrected chi connectivity index (χ1v) is 9.87. The first kappa shape index (κ1) is 18.5. The van der Waals surface area contributed by atoms with Crippen molar-refractivity contribution >= 4 is 0 Å². The fourth-order valence-corrected chi connectivity index (χ4v) is 4.99. The van der Waals surface area contributed by atoms with Crippen molar-refractivity contribution < 1.29 is 9.13 Å². The maximum absolute atomic E-state index is 13.1. The van der Waals surface area contributed by atoms with Crippen molar-refractivity contribution in [2.45, 2.75) is 43.7 Å². The number of hydrogen-bond donors (Lipinski definition) is 1. The normalized spacial score (nSPS) is 27.3. The molecule has 2 bridgehead atoms. The van der Waals surface area contributed by atoms with E-state index in [9.17, 15) is 4.39 Å². The number of halogens is 1. The second-order valence-electron chi connectivity index (χ2n) is 8.25. The summed E-state index contributed by atoms with van der Waals surface area (Å²) in [6, 6.07) is 14.3. The smallest absolute Gasteiger partial charge is 0.123 e. The Hall–Kier alpha value is -1.91. The number of piperidine rings is 1. The lowest BCUT2D eigenvalue weighted by Crippen LogP contribution is -2.66. The molecule has 0 saturated carbocycles. The molecule has 0 aromatic heterocycles. The Labute approximate surface area is 161 Å². The summed E-state index contributed by atoms with van der Waals surface area (Å²) in [6.45, 7) is 4.42. The van der Waals surface area contributed by atoms with Crippen LogP contribution in [0.2, 0.25) is 0 Å². The molecule has 1 aliphatic carbocycles. The van der Waals surface area contributed by atoms with E-state index >= 15 is 0 Å². The molecule has 4 heteroatoms. The topological polar surface area (TPSA) is 24.5 Å². The van der Waals surface area contributed by atoms with Crippen molar-refractivity contribution in [1.29, 1.82) is 0 Å². The van der Waals surface area contributed by atoms with E-state index in [2.05, 4.69) is 42.4 Å². The average Bonchev–Trinajstić information content (AvgIpc) is 2.68. The largest absolute Gasteiger partial charge is 0.497 e. The van der Waals surface area contributed by atoms with Gasteiger partial charge in [-0.2, -0.15) is 0 Å². The van der Waals surface area contributed by atoms with Gasteiger partial charge in [-0.05, 0) is 80.4 Å². The third-order valence-electron chi connectivity index (χ3n) is 6.67. The van der Waals surface area contributed by atoms with Gasteiger partial charge in [0.2, 0.25) is 0 Å². The third kappa shape index (κ3) is 3.37. The van der Waals surface area contributed by atoms with E-state index in [1.807, 2.05) is 12.1 Å². The molecule has 1 aliphatic heterocycles. The third-order valence-corrected chi connectivity index (χ3v) is 6.67. The minimum absolute atomic E-state index is 0.0993. The molecule has 2 aliphatic rings. The quantitative estimate of drug-likeness (QED) is 0.873. The fraction of sp³-hybridized carbons (Fsp3) is 0.478. The van der Waals surface area contributed by atoms with Gasteiger partial charge < -0.3 is 15.0 Å². The summed E-state index contributed by atoms with van der Waals surface area (Å²) in [4.78, 5) is 2.50. The second kappa shape index (κ2) is 7.25. The molecule has 1 N–H and O–H groups in total. The lowest BCUT2D eigenvalue weighted by molar-refractivity contribution is 0.0663. The zero-order chi connectivity index (χ0) is 19.0. The Kier molecular flexibility index (Phi) is 4.95. The summed E-state index contributed by atoms with van der Waals surface area (Å²) in [5.74, 6) is 0.769. The molecule has 3 nitrogen and oxygen atoms in total. The van der Waals surface area contributed by atoms with E-state index in [1.165, 1.54) is 16.7 Å². The molecule has 1 heterocycles. The number of likely N-dealkylation sites (N-methyl/N-ethyl adjacent to an activating group) is 1. The number of ether oxygens (including phenoxy) is 1. The summed E-state index contributed by atoms with van der Waals surface area (Å²) < 4.78 is 18.6. The van der Waals surface area contributed by atoms with Gasteiger partial charge in [0.1, 0.15) is 11.6 Å². The Morgan fingerprint density at radius 2 is 2.00 bits per heavy atom. The van der Waals surface area contributed by atoms with Crippen LogP contribution in [0.4, 0.5) is 4.39 Å². The van der Waals surface area contributed by atoms with E-state index in [0.717, 1.165) is 38.1 Å². The minimum Gasteiger partial charge on any atom is -0.497 e. The van der Waals surface area contributed by atoms with Gasteiger partial charge in [0.05, 0.1) is 7.11 Å². The molecule has 3 atom stereocenters. The number of nitrogens with zero attached hydrogens (tertiary/aromatic N) is 1. The molecule has 0 spiro atoms. The SMILES string of the molecule is COc1ccc2c(c1)[C@@]1(C)CCN(C)[C@H](C2)[C@@H]1NCCc1ccc(F)cc1. The molecule has 4 rings (SSSR count). The number of fused-ring (bicyclic) bond motifs is 4. The highest BCUT2D eigenvalue weighted by Crippen LogP contribution is 2.45. The highest BCUT2D eigenvalue weighted by atomic mass is 19.1. The lowest BCUT2D eigenvalue weighted by Gasteiger charge is -2.55. The van der Waals surface area contributed by atoms with E-state index in [-0.39, 0.29) is 11.2 Å². The van der Waals surface area contributed by atoms with Crippen molar-refractivity contribution in [1.82, 2.24) is 10.2 Å². The zero-order valence-corrected chi connectivity index (χ0v) is 16.5. The van der Waals surface area contributed by atoms with E-state index in [0.29, 0.717) is 12.1 Å². The van der Waals surface area contributed by atoms with Gasteiger partial charge in [-0.15, -0.1) is 0 Å². The van der Waals surface area contributed by atoms with Gasteiger partial charge in [0, 0.05) is 17.5 Å². The molecule has 27 heavy (non-hydrogen) atoms. The van der Waals surface area contributed by atoms with Crippen LogP contribution in [0.1, 0.15) is 30.0 Å². The van der Waals surface area contributed by atoms with Crippen LogP contribution >= 0.6 is 0 Å². The maximum atomic E-state index is 13.1. The molecular weight excluding hydrogens is 339 g/mol. The lowest BCUT2D eigenvalue weighted by atomic mass is 9.61. The summed E-state index contributed by atoms with van der Waals surface area (Å²) in [6.07, 6.45) is 3.11. The molecule has 1 fully saturated rings. The van der Waals surface area contributed by atoms with Crippen LogP contribution in [-0.4, -0.2) is 44.2 Å². The number of likely N-dealkylation sites (tertiary alicyclic amines) is 1. The van der Waals surface area contributed by atoms with Crippen molar-refractivity contribution in [3.05, 3.63) is 65.0 Å². The zero-order valence-electron chi connectivity index (χ0n) is 16.5. The Morgan fingerprint density at radius 1 is 1.22 bits per heavy atom.